The molecular formula is C20H16N2O7. The molecule has 1 unspecified atom stereocenters. The first kappa shape index (κ1) is 18.5. The molecule has 0 bridgehead atoms. The van der Waals surface area contributed by atoms with Gasteiger partial charge in [-0.15, -0.1) is 0 Å². The fraction of sp³-hybridized carbons (Fsp3) is 0.200. The molecule has 3 amide bonds. The molecular weight excluding hydrogens is 380 g/mol. The van der Waals surface area contributed by atoms with Crippen molar-refractivity contribution >= 4 is 29.0 Å². The molecule has 0 saturated carbocycles. The molecule has 1 aliphatic heterocycles. The fourth-order valence-electron chi connectivity index (χ4n) is 3.35. The second-order valence-electron chi connectivity index (χ2n) is 6.55. The van der Waals surface area contributed by atoms with E-state index in [4.69, 9.17) is 14.3 Å². The van der Waals surface area contributed by atoms with Crippen molar-refractivity contribution in [3.63, 3.8) is 0 Å². The number of benzene rings is 2. The Kier molecular flexibility index (Phi) is 4.63. The van der Waals surface area contributed by atoms with E-state index < -0.39 is 29.7 Å². The number of oxazole rings is 1. The van der Waals surface area contributed by atoms with Crippen LogP contribution in [0.5, 0.6) is 5.75 Å². The third kappa shape index (κ3) is 3.38. The standard InChI is InChI=1S/C20H16N2O7/c23-17-9-8-15(18(24)22(17)19(25)26)21-14-7-6-13(10-16(14)29-20(21)27)28-11-12-4-2-1-3-5-12/h1-7,10,15H,8-9,11H2,(H,25,26). The number of nitrogens with zero attached hydrogens (tertiary/aromatic N) is 2. The zero-order valence-corrected chi connectivity index (χ0v) is 15.1. The first-order valence-electron chi connectivity index (χ1n) is 8.87. The van der Waals surface area contributed by atoms with Crippen LogP contribution in [0.2, 0.25) is 0 Å². The number of amides is 3. The van der Waals surface area contributed by atoms with Gasteiger partial charge in [0.15, 0.2) is 5.58 Å². The Morgan fingerprint density at radius 2 is 1.90 bits per heavy atom. The SMILES string of the molecule is O=C(O)N1C(=O)CCC(n2c(=O)oc3cc(OCc4ccccc4)ccc32)C1=O. The highest BCUT2D eigenvalue weighted by atomic mass is 16.5. The van der Waals surface area contributed by atoms with Gasteiger partial charge in [-0.3, -0.25) is 14.2 Å². The lowest BCUT2D eigenvalue weighted by molar-refractivity contribution is -0.147. The maximum absolute atomic E-state index is 12.5. The molecule has 29 heavy (non-hydrogen) atoms. The molecule has 1 aromatic heterocycles. The third-order valence-corrected chi connectivity index (χ3v) is 4.72. The number of piperidine rings is 1. The third-order valence-electron chi connectivity index (χ3n) is 4.72. The number of imide groups is 3. The molecule has 148 valence electrons. The number of carbonyl (C=O) groups is 3. The van der Waals surface area contributed by atoms with Crippen LogP contribution in [-0.2, 0) is 16.2 Å². The van der Waals surface area contributed by atoms with Crippen LogP contribution in [0.3, 0.4) is 0 Å². The summed E-state index contributed by atoms with van der Waals surface area (Å²) in [5, 5.41) is 9.12. The van der Waals surface area contributed by atoms with Gasteiger partial charge in [-0.2, -0.15) is 4.90 Å². The summed E-state index contributed by atoms with van der Waals surface area (Å²) < 4.78 is 12.0. The highest BCUT2D eigenvalue weighted by molar-refractivity contribution is 6.11. The summed E-state index contributed by atoms with van der Waals surface area (Å²) in [6, 6.07) is 13.1. The number of ether oxygens (including phenoxy) is 1. The van der Waals surface area contributed by atoms with Crippen molar-refractivity contribution in [2.45, 2.75) is 25.5 Å². The molecule has 2 heterocycles. The van der Waals surface area contributed by atoms with E-state index in [1.807, 2.05) is 30.3 Å². The minimum Gasteiger partial charge on any atom is -0.489 e. The first-order chi connectivity index (χ1) is 14.0. The van der Waals surface area contributed by atoms with Gasteiger partial charge >= 0.3 is 11.8 Å². The van der Waals surface area contributed by atoms with Crippen LogP contribution in [0.25, 0.3) is 11.1 Å². The van der Waals surface area contributed by atoms with Gasteiger partial charge in [0.25, 0.3) is 5.91 Å². The van der Waals surface area contributed by atoms with Crippen molar-refractivity contribution < 1.29 is 28.6 Å². The molecule has 9 nitrogen and oxygen atoms in total. The monoisotopic (exact) mass is 396 g/mol. The zero-order valence-electron chi connectivity index (χ0n) is 15.1. The smallest absolute Gasteiger partial charge is 0.421 e. The largest absolute Gasteiger partial charge is 0.489 e. The van der Waals surface area contributed by atoms with E-state index in [0.717, 1.165) is 10.1 Å². The Balaban J connectivity index is 1.63. The van der Waals surface area contributed by atoms with Crippen LogP contribution in [0.4, 0.5) is 4.79 Å². The molecule has 9 heteroatoms. The number of hydrogen-bond donors (Lipinski definition) is 1. The molecule has 1 atom stereocenters. The molecule has 3 aromatic rings. The summed E-state index contributed by atoms with van der Waals surface area (Å²) in [6.07, 6.45) is -1.82. The number of fused-ring (bicyclic) bond motifs is 1. The highest BCUT2D eigenvalue weighted by Gasteiger charge is 2.41. The Morgan fingerprint density at radius 1 is 1.14 bits per heavy atom. The summed E-state index contributed by atoms with van der Waals surface area (Å²) in [7, 11) is 0. The van der Waals surface area contributed by atoms with Crippen LogP contribution in [0.15, 0.2) is 57.7 Å². The molecule has 1 saturated heterocycles. The van der Waals surface area contributed by atoms with Crippen LogP contribution >= 0.6 is 0 Å². The Labute approximate surface area is 163 Å². The lowest BCUT2D eigenvalue weighted by atomic mass is 10.0. The van der Waals surface area contributed by atoms with Gasteiger partial charge in [0.05, 0.1) is 5.52 Å². The van der Waals surface area contributed by atoms with Crippen molar-refractivity contribution in [2.24, 2.45) is 0 Å². The first-order valence-corrected chi connectivity index (χ1v) is 8.87. The number of likely N-dealkylation sites (tertiary alicyclic amines) is 1. The summed E-state index contributed by atoms with van der Waals surface area (Å²) >= 11 is 0. The van der Waals surface area contributed by atoms with Gasteiger partial charge in [0.2, 0.25) is 5.91 Å². The summed E-state index contributed by atoms with van der Waals surface area (Å²) in [5.41, 5.74) is 1.49. The molecule has 2 aromatic carbocycles. The van der Waals surface area contributed by atoms with Crippen LogP contribution < -0.4 is 10.5 Å². The predicted molar refractivity (Wildman–Crippen MR) is 99.4 cm³/mol. The Bertz CT molecular complexity index is 1160. The van der Waals surface area contributed by atoms with Crippen molar-refractivity contribution in [3.8, 4) is 5.75 Å². The molecule has 1 fully saturated rings. The number of carbonyl (C=O) groups excluding carboxylic acids is 2. The molecule has 0 radical (unpaired) electrons. The zero-order chi connectivity index (χ0) is 20.5. The Morgan fingerprint density at radius 3 is 2.62 bits per heavy atom. The van der Waals surface area contributed by atoms with Crippen molar-refractivity contribution in [2.75, 3.05) is 0 Å². The molecule has 1 N–H and O–H groups in total. The van der Waals surface area contributed by atoms with E-state index in [-0.39, 0.29) is 23.3 Å². The minimum absolute atomic E-state index is 0.0161. The normalized spacial score (nSPS) is 17.0. The van der Waals surface area contributed by atoms with Gasteiger partial charge in [-0.1, -0.05) is 30.3 Å². The Hall–Kier alpha value is -3.88. The van der Waals surface area contributed by atoms with E-state index in [2.05, 4.69) is 0 Å². The van der Waals surface area contributed by atoms with Gasteiger partial charge < -0.3 is 14.3 Å². The second kappa shape index (κ2) is 7.27. The fourth-order valence-corrected chi connectivity index (χ4v) is 3.35. The number of carboxylic acid groups (broad SMARTS) is 1. The highest BCUT2D eigenvalue weighted by Crippen LogP contribution is 2.28. The molecule has 0 aliphatic carbocycles. The van der Waals surface area contributed by atoms with Gasteiger partial charge in [0, 0.05) is 12.5 Å². The number of hydrogen-bond acceptors (Lipinski definition) is 6. The molecule has 4 rings (SSSR count). The van der Waals surface area contributed by atoms with Gasteiger partial charge in [-0.05, 0) is 24.1 Å². The average molecular weight is 396 g/mol. The van der Waals surface area contributed by atoms with E-state index in [9.17, 15) is 19.2 Å². The van der Waals surface area contributed by atoms with Crippen LogP contribution in [0.1, 0.15) is 24.4 Å². The summed E-state index contributed by atoms with van der Waals surface area (Å²) in [6.45, 7) is 0.327. The minimum atomic E-state index is -1.66. The lowest BCUT2D eigenvalue weighted by Gasteiger charge is -2.27. The molecule has 0 spiro atoms. The number of aromatic nitrogens is 1. The van der Waals surface area contributed by atoms with E-state index >= 15 is 0 Å². The van der Waals surface area contributed by atoms with Gasteiger partial charge in [0.1, 0.15) is 18.4 Å². The topological polar surface area (TPSA) is 119 Å². The molecule has 1 aliphatic rings. The maximum Gasteiger partial charge on any atom is 0.421 e. The lowest BCUT2D eigenvalue weighted by Crippen LogP contribution is -2.49. The number of rotatable bonds is 4. The van der Waals surface area contributed by atoms with Crippen molar-refractivity contribution in [1.82, 2.24) is 9.47 Å². The van der Waals surface area contributed by atoms with Crippen molar-refractivity contribution in [1.29, 1.82) is 0 Å². The maximum atomic E-state index is 12.5. The predicted octanol–water partition coefficient (Wildman–Crippen LogP) is 2.54. The van der Waals surface area contributed by atoms with Crippen molar-refractivity contribution in [3.05, 3.63) is 64.6 Å². The summed E-state index contributed by atoms with van der Waals surface area (Å²) in [4.78, 5) is 48.0. The van der Waals surface area contributed by atoms with E-state index in [1.165, 1.54) is 6.07 Å². The van der Waals surface area contributed by atoms with Crippen LogP contribution in [-0.4, -0.2) is 32.5 Å². The summed E-state index contributed by atoms with van der Waals surface area (Å²) in [5.74, 6) is -2.11. The van der Waals surface area contributed by atoms with Gasteiger partial charge in [-0.25, -0.2) is 9.59 Å². The quantitative estimate of drug-likeness (QED) is 0.673. The van der Waals surface area contributed by atoms with E-state index in [1.54, 1.807) is 12.1 Å². The van der Waals surface area contributed by atoms with Crippen LogP contribution in [0, 0.1) is 0 Å². The average Bonchev–Trinajstić information content (AvgIpc) is 3.02. The second-order valence-corrected chi connectivity index (χ2v) is 6.55. The van der Waals surface area contributed by atoms with E-state index in [0.29, 0.717) is 17.9 Å².